The summed E-state index contributed by atoms with van der Waals surface area (Å²) in [7, 11) is 0. The maximum absolute atomic E-state index is 8.81. The molecule has 0 spiro atoms. The molecule has 0 aliphatic rings. The Morgan fingerprint density at radius 3 is 2.62 bits per heavy atom. The van der Waals surface area contributed by atoms with Crippen molar-refractivity contribution in [2.24, 2.45) is 5.73 Å². The molecule has 2 nitrogen and oxygen atoms in total. The molecule has 13 heavy (non-hydrogen) atoms. The molecular formula is C11H16NO. The van der Waals surface area contributed by atoms with Crippen molar-refractivity contribution in [3.63, 3.8) is 0 Å². The van der Waals surface area contributed by atoms with Gasteiger partial charge in [-0.05, 0) is 31.2 Å². The van der Waals surface area contributed by atoms with Crippen molar-refractivity contribution < 1.29 is 5.11 Å². The van der Waals surface area contributed by atoms with Crippen LogP contribution in [0.5, 0.6) is 0 Å². The average molecular weight is 178 g/mol. The van der Waals surface area contributed by atoms with Crippen molar-refractivity contribution in [3.8, 4) is 0 Å². The van der Waals surface area contributed by atoms with Crippen molar-refractivity contribution in [1.82, 2.24) is 0 Å². The highest BCUT2D eigenvalue weighted by atomic mass is 16.3. The summed E-state index contributed by atoms with van der Waals surface area (Å²) < 4.78 is 0. The van der Waals surface area contributed by atoms with E-state index in [2.05, 4.69) is 18.6 Å². The van der Waals surface area contributed by atoms with Crippen molar-refractivity contribution in [2.45, 2.75) is 25.5 Å². The van der Waals surface area contributed by atoms with Crippen LogP contribution in [0.1, 0.15) is 24.8 Å². The first-order valence-electron chi connectivity index (χ1n) is 4.61. The molecule has 1 rings (SSSR count). The molecule has 0 bridgehead atoms. The van der Waals surface area contributed by atoms with E-state index < -0.39 is 6.23 Å². The van der Waals surface area contributed by atoms with Gasteiger partial charge in [0.2, 0.25) is 0 Å². The molecule has 0 fully saturated rings. The molecule has 1 aromatic carbocycles. The first kappa shape index (κ1) is 10.2. The molecule has 1 atom stereocenters. The number of hydrogen-bond donors (Lipinski definition) is 2. The van der Waals surface area contributed by atoms with Crippen molar-refractivity contribution in [3.05, 3.63) is 42.3 Å². The number of benzene rings is 1. The SMILES string of the molecule is NC(O)CCC[CH]c1ccccc1. The third kappa shape index (κ3) is 4.65. The van der Waals surface area contributed by atoms with E-state index in [1.54, 1.807) is 0 Å². The second kappa shape index (κ2) is 5.73. The van der Waals surface area contributed by atoms with Gasteiger partial charge in [0.15, 0.2) is 0 Å². The van der Waals surface area contributed by atoms with Crippen LogP contribution in [-0.4, -0.2) is 11.3 Å². The van der Waals surface area contributed by atoms with E-state index in [1.165, 1.54) is 5.56 Å². The van der Waals surface area contributed by atoms with Gasteiger partial charge in [0.05, 0.1) is 0 Å². The van der Waals surface area contributed by atoms with E-state index in [9.17, 15) is 0 Å². The molecule has 0 aliphatic heterocycles. The van der Waals surface area contributed by atoms with Crippen molar-refractivity contribution in [2.75, 3.05) is 0 Å². The summed E-state index contributed by atoms with van der Waals surface area (Å²) in [6, 6.07) is 10.2. The van der Waals surface area contributed by atoms with Gasteiger partial charge in [-0.1, -0.05) is 30.3 Å². The minimum atomic E-state index is -0.663. The zero-order valence-corrected chi connectivity index (χ0v) is 7.69. The van der Waals surface area contributed by atoms with Crippen LogP contribution in [0, 0.1) is 6.42 Å². The van der Waals surface area contributed by atoms with Crippen LogP contribution in [0.2, 0.25) is 0 Å². The normalized spacial score (nSPS) is 12.8. The van der Waals surface area contributed by atoms with Gasteiger partial charge in [-0.3, -0.25) is 0 Å². The molecule has 0 amide bonds. The fourth-order valence-corrected chi connectivity index (χ4v) is 1.18. The highest BCUT2D eigenvalue weighted by Crippen LogP contribution is 2.08. The number of nitrogens with two attached hydrogens (primary N) is 1. The molecule has 2 heteroatoms. The third-order valence-corrected chi connectivity index (χ3v) is 1.88. The van der Waals surface area contributed by atoms with E-state index in [1.807, 2.05) is 18.2 Å². The quantitative estimate of drug-likeness (QED) is 0.532. The van der Waals surface area contributed by atoms with Gasteiger partial charge < -0.3 is 10.8 Å². The summed E-state index contributed by atoms with van der Waals surface area (Å²) in [4.78, 5) is 0. The van der Waals surface area contributed by atoms with Gasteiger partial charge in [-0.2, -0.15) is 0 Å². The molecular weight excluding hydrogens is 162 g/mol. The van der Waals surface area contributed by atoms with Gasteiger partial charge in [0.1, 0.15) is 6.23 Å². The lowest BCUT2D eigenvalue weighted by Crippen LogP contribution is -2.17. The van der Waals surface area contributed by atoms with Crippen LogP contribution < -0.4 is 5.73 Å². The minimum Gasteiger partial charge on any atom is -0.379 e. The summed E-state index contributed by atoms with van der Waals surface area (Å²) in [6.07, 6.45) is 4.07. The second-order valence-corrected chi connectivity index (χ2v) is 3.11. The number of unbranched alkanes of at least 4 members (excludes halogenated alkanes) is 1. The Morgan fingerprint density at radius 2 is 2.00 bits per heavy atom. The largest absolute Gasteiger partial charge is 0.379 e. The van der Waals surface area contributed by atoms with E-state index in [0.717, 1.165) is 12.8 Å². The van der Waals surface area contributed by atoms with E-state index in [4.69, 9.17) is 10.8 Å². The second-order valence-electron chi connectivity index (χ2n) is 3.11. The van der Waals surface area contributed by atoms with Crippen LogP contribution in [-0.2, 0) is 0 Å². The Balaban J connectivity index is 2.13. The van der Waals surface area contributed by atoms with Crippen LogP contribution in [0.15, 0.2) is 30.3 Å². The first-order valence-corrected chi connectivity index (χ1v) is 4.61. The third-order valence-electron chi connectivity index (χ3n) is 1.88. The van der Waals surface area contributed by atoms with Crippen LogP contribution in [0.3, 0.4) is 0 Å². The summed E-state index contributed by atoms with van der Waals surface area (Å²) in [5, 5.41) is 8.81. The van der Waals surface area contributed by atoms with Gasteiger partial charge in [0, 0.05) is 0 Å². The van der Waals surface area contributed by atoms with Gasteiger partial charge in [-0.25, -0.2) is 0 Å². The van der Waals surface area contributed by atoms with E-state index in [-0.39, 0.29) is 0 Å². The molecule has 1 unspecified atom stereocenters. The van der Waals surface area contributed by atoms with Gasteiger partial charge in [-0.15, -0.1) is 0 Å². The fourth-order valence-electron chi connectivity index (χ4n) is 1.18. The fraction of sp³-hybridized carbons (Fsp3) is 0.364. The molecule has 3 N–H and O–H groups in total. The summed E-state index contributed by atoms with van der Waals surface area (Å²) in [5.41, 5.74) is 6.44. The van der Waals surface area contributed by atoms with Gasteiger partial charge >= 0.3 is 0 Å². The summed E-state index contributed by atoms with van der Waals surface area (Å²) >= 11 is 0. The molecule has 0 aromatic heterocycles. The Bertz CT molecular complexity index is 221. The lowest BCUT2D eigenvalue weighted by Gasteiger charge is -2.03. The standard InChI is InChI=1S/C11H16NO/c12-11(13)9-5-4-8-10-6-2-1-3-7-10/h1-3,6-8,11,13H,4-5,9,12H2. The predicted molar refractivity (Wildman–Crippen MR) is 53.9 cm³/mol. The Hall–Kier alpha value is -0.860. The van der Waals surface area contributed by atoms with E-state index in [0.29, 0.717) is 6.42 Å². The first-order chi connectivity index (χ1) is 6.29. The maximum atomic E-state index is 8.81. The highest BCUT2D eigenvalue weighted by Gasteiger charge is 1.96. The maximum Gasteiger partial charge on any atom is 0.102 e. The lowest BCUT2D eigenvalue weighted by molar-refractivity contribution is 0.169. The summed E-state index contributed by atoms with van der Waals surface area (Å²) in [6.45, 7) is 0. The van der Waals surface area contributed by atoms with Crippen LogP contribution in [0.4, 0.5) is 0 Å². The average Bonchev–Trinajstić information content (AvgIpc) is 2.14. The smallest absolute Gasteiger partial charge is 0.102 e. The van der Waals surface area contributed by atoms with Crippen LogP contribution in [0.25, 0.3) is 0 Å². The molecule has 0 aliphatic carbocycles. The van der Waals surface area contributed by atoms with Crippen molar-refractivity contribution in [1.29, 1.82) is 0 Å². The lowest BCUT2D eigenvalue weighted by atomic mass is 10.1. The van der Waals surface area contributed by atoms with Crippen molar-refractivity contribution >= 4 is 0 Å². The molecule has 1 aromatic rings. The molecule has 0 saturated heterocycles. The zero-order chi connectivity index (χ0) is 9.52. The molecule has 0 saturated carbocycles. The molecule has 0 heterocycles. The Kier molecular flexibility index (Phi) is 4.50. The van der Waals surface area contributed by atoms with Gasteiger partial charge in [0.25, 0.3) is 0 Å². The Labute approximate surface area is 79.4 Å². The molecule has 1 radical (unpaired) electrons. The minimum absolute atomic E-state index is 0.663. The van der Waals surface area contributed by atoms with E-state index >= 15 is 0 Å². The van der Waals surface area contributed by atoms with Crippen LogP contribution >= 0.6 is 0 Å². The highest BCUT2D eigenvalue weighted by molar-refractivity contribution is 5.21. The predicted octanol–water partition coefficient (Wildman–Crippen LogP) is 1.69. The number of rotatable bonds is 5. The topological polar surface area (TPSA) is 46.2 Å². The Morgan fingerprint density at radius 1 is 1.31 bits per heavy atom. The monoisotopic (exact) mass is 178 g/mol. The number of aliphatic hydroxyl groups is 1. The summed E-state index contributed by atoms with van der Waals surface area (Å²) in [5.74, 6) is 0. The number of hydrogen-bond acceptors (Lipinski definition) is 2. The zero-order valence-electron chi connectivity index (χ0n) is 7.69. The molecule has 71 valence electrons. The number of aliphatic hydroxyl groups excluding tert-OH is 1.